The molecule has 1 aromatic carbocycles. The van der Waals surface area contributed by atoms with Crippen LogP contribution in [-0.4, -0.2) is 23.7 Å². The van der Waals surface area contributed by atoms with Gasteiger partial charge in [0.05, 0.1) is 17.2 Å². The van der Waals surface area contributed by atoms with Gasteiger partial charge in [-0.2, -0.15) is 0 Å². The van der Waals surface area contributed by atoms with Crippen LogP contribution in [-0.2, 0) is 4.74 Å². The summed E-state index contributed by atoms with van der Waals surface area (Å²) in [7, 11) is 0. The Bertz CT molecular complexity index is 390. The standard InChI is InChI=1S/C10H10ClNO3/c1-2-15-9(12-10(13)14)7-5-3-4-6-8(7)11/h3-6H,2H2,1H3,(H,13,14). The third kappa shape index (κ3) is 3.25. The van der Waals surface area contributed by atoms with Crippen LogP contribution in [0.2, 0.25) is 5.02 Å². The van der Waals surface area contributed by atoms with Crippen LogP contribution in [0.15, 0.2) is 29.3 Å². The highest BCUT2D eigenvalue weighted by molar-refractivity contribution is 6.34. The molecule has 0 bridgehead atoms. The quantitative estimate of drug-likeness (QED) is 0.624. The number of rotatable bonds is 2. The summed E-state index contributed by atoms with van der Waals surface area (Å²) in [6, 6.07) is 6.78. The molecule has 0 aromatic heterocycles. The highest BCUT2D eigenvalue weighted by Gasteiger charge is 2.10. The zero-order chi connectivity index (χ0) is 11.3. The molecule has 0 saturated carbocycles. The van der Waals surface area contributed by atoms with Crippen LogP contribution in [0.4, 0.5) is 4.79 Å². The molecule has 0 atom stereocenters. The van der Waals surface area contributed by atoms with E-state index in [0.717, 1.165) is 0 Å². The molecule has 0 spiro atoms. The topological polar surface area (TPSA) is 58.9 Å². The van der Waals surface area contributed by atoms with E-state index in [1.807, 2.05) is 0 Å². The fraction of sp³-hybridized carbons (Fsp3) is 0.200. The van der Waals surface area contributed by atoms with Crippen LogP contribution in [0.25, 0.3) is 0 Å². The minimum atomic E-state index is -1.31. The number of hydrogen-bond acceptors (Lipinski definition) is 2. The number of ether oxygens (including phenoxy) is 1. The molecule has 0 radical (unpaired) electrons. The number of benzene rings is 1. The maximum Gasteiger partial charge on any atom is 0.434 e. The first-order valence-electron chi connectivity index (χ1n) is 4.34. The van der Waals surface area contributed by atoms with Crippen LogP contribution in [0, 0.1) is 0 Å². The molecule has 5 heteroatoms. The third-order valence-corrected chi connectivity index (χ3v) is 1.91. The Labute approximate surface area is 92.2 Å². The monoisotopic (exact) mass is 227 g/mol. The Hall–Kier alpha value is -1.55. The molecule has 0 aliphatic rings. The number of halogens is 1. The van der Waals surface area contributed by atoms with Crippen molar-refractivity contribution in [2.45, 2.75) is 6.92 Å². The van der Waals surface area contributed by atoms with Crippen molar-refractivity contribution < 1.29 is 14.6 Å². The molecule has 4 nitrogen and oxygen atoms in total. The van der Waals surface area contributed by atoms with E-state index in [2.05, 4.69) is 4.99 Å². The molecule has 0 saturated heterocycles. The molecule has 1 N–H and O–H groups in total. The smallest absolute Gasteiger partial charge is 0.434 e. The largest absolute Gasteiger partial charge is 0.477 e. The van der Waals surface area contributed by atoms with Gasteiger partial charge in [-0.25, -0.2) is 4.79 Å². The van der Waals surface area contributed by atoms with E-state index < -0.39 is 6.09 Å². The van der Waals surface area contributed by atoms with Crippen molar-refractivity contribution in [1.29, 1.82) is 0 Å². The zero-order valence-corrected chi connectivity index (χ0v) is 8.86. The van der Waals surface area contributed by atoms with Crippen molar-refractivity contribution in [3.63, 3.8) is 0 Å². The van der Waals surface area contributed by atoms with Gasteiger partial charge in [-0.05, 0) is 19.1 Å². The van der Waals surface area contributed by atoms with E-state index in [-0.39, 0.29) is 5.90 Å². The lowest BCUT2D eigenvalue weighted by atomic mass is 10.2. The van der Waals surface area contributed by atoms with Gasteiger partial charge < -0.3 is 9.84 Å². The second kappa shape index (κ2) is 5.36. The van der Waals surface area contributed by atoms with E-state index in [4.69, 9.17) is 21.4 Å². The van der Waals surface area contributed by atoms with Crippen molar-refractivity contribution >= 4 is 23.6 Å². The average Bonchev–Trinajstić information content (AvgIpc) is 2.17. The van der Waals surface area contributed by atoms with Gasteiger partial charge in [-0.15, -0.1) is 4.99 Å². The van der Waals surface area contributed by atoms with Gasteiger partial charge in [-0.3, -0.25) is 0 Å². The summed E-state index contributed by atoms with van der Waals surface area (Å²) < 4.78 is 5.10. The van der Waals surface area contributed by atoms with Crippen LogP contribution < -0.4 is 0 Å². The minimum Gasteiger partial charge on any atom is -0.477 e. The number of carbonyl (C=O) groups is 1. The molecule has 0 aliphatic carbocycles. The predicted molar refractivity (Wildman–Crippen MR) is 57.6 cm³/mol. The molecule has 0 unspecified atom stereocenters. The molecular formula is C10H10ClNO3. The van der Waals surface area contributed by atoms with Crippen LogP contribution in [0.5, 0.6) is 0 Å². The lowest BCUT2D eigenvalue weighted by Crippen LogP contribution is -2.09. The lowest BCUT2D eigenvalue weighted by Gasteiger charge is -2.07. The molecular weight excluding hydrogens is 218 g/mol. The summed E-state index contributed by atoms with van der Waals surface area (Å²) in [5.74, 6) is 0.0237. The van der Waals surface area contributed by atoms with Crippen molar-refractivity contribution in [3.05, 3.63) is 34.9 Å². The maximum atomic E-state index is 10.5. The fourth-order valence-electron chi connectivity index (χ4n) is 1.03. The normalized spacial score (nSPS) is 11.2. The molecule has 80 valence electrons. The lowest BCUT2D eigenvalue weighted by molar-refractivity contribution is 0.204. The second-order valence-corrected chi connectivity index (χ2v) is 3.02. The molecule has 0 aliphatic heterocycles. The van der Waals surface area contributed by atoms with E-state index in [0.29, 0.717) is 17.2 Å². The van der Waals surface area contributed by atoms with Gasteiger partial charge in [0.2, 0.25) is 5.90 Å². The van der Waals surface area contributed by atoms with Gasteiger partial charge in [0.25, 0.3) is 0 Å². The molecule has 0 heterocycles. The van der Waals surface area contributed by atoms with Crippen LogP contribution in [0.1, 0.15) is 12.5 Å². The summed E-state index contributed by atoms with van der Waals surface area (Å²) in [5.41, 5.74) is 0.475. The number of hydrogen-bond donors (Lipinski definition) is 1. The Morgan fingerprint density at radius 1 is 1.53 bits per heavy atom. The number of nitrogens with zero attached hydrogens (tertiary/aromatic N) is 1. The zero-order valence-electron chi connectivity index (χ0n) is 8.11. The van der Waals surface area contributed by atoms with Gasteiger partial charge >= 0.3 is 6.09 Å². The number of amides is 1. The molecule has 15 heavy (non-hydrogen) atoms. The second-order valence-electron chi connectivity index (χ2n) is 2.61. The Balaban J connectivity index is 3.10. The summed E-state index contributed by atoms with van der Waals surface area (Å²) in [6.45, 7) is 2.07. The molecule has 1 amide bonds. The molecule has 0 fully saturated rings. The highest BCUT2D eigenvalue weighted by Crippen LogP contribution is 2.16. The Morgan fingerprint density at radius 3 is 2.73 bits per heavy atom. The van der Waals surface area contributed by atoms with Gasteiger partial charge in [-0.1, -0.05) is 23.7 Å². The third-order valence-electron chi connectivity index (χ3n) is 1.58. The number of carboxylic acid groups (broad SMARTS) is 1. The van der Waals surface area contributed by atoms with Crippen LogP contribution in [0.3, 0.4) is 0 Å². The van der Waals surface area contributed by atoms with Crippen molar-refractivity contribution in [2.75, 3.05) is 6.61 Å². The summed E-state index contributed by atoms with van der Waals surface area (Å²) in [6.07, 6.45) is -1.31. The molecule has 1 aromatic rings. The average molecular weight is 228 g/mol. The SMILES string of the molecule is CCOC(=NC(=O)O)c1ccccc1Cl. The highest BCUT2D eigenvalue weighted by atomic mass is 35.5. The first-order chi connectivity index (χ1) is 7.15. The van der Waals surface area contributed by atoms with Crippen molar-refractivity contribution in [3.8, 4) is 0 Å². The minimum absolute atomic E-state index is 0.0237. The number of aliphatic imine (C=N–C) groups is 1. The van der Waals surface area contributed by atoms with E-state index in [1.165, 1.54) is 0 Å². The van der Waals surface area contributed by atoms with Gasteiger partial charge in [0, 0.05) is 0 Å². The summed E-state index contributed by atoms with van der Waals surface area (Å²) >= 11 is 5.88. The van der Waals surface area contributed by atoms with E-state index >= 15 is 0 Å². The fourth-order valence-corrected chi connectivity index (χ4v) is 1.25. The maximum absolute atomic E-state index is 10.5. The first-order valence-corrected chi connectivity index (χ1v) is 4.72. The Morgan fingerprint density at radius 2 is 2.20 bits per heavy atom. The molecule has 1 rings (SSSR count). The predicted octanol–water partition coefficient (Wildman–Crippen LogP) is 2.80. The summed E-state index contributed by atoms with van der Waals surface area (Å²) in [5, 5.41) is 8.96. The van der Waals surface area contributed by atoms with Gasteiger partial charge in [0.15, 0.2) is 0 Å². The van der Waals surface area contributed by atoms with Gasteiger partial charge in [0.1, 0.15) is 0 Å². The summed E-state index contributed by atoms with van der Waals surface area (Å²) in [4.78, 5) is 13.8. The van der Waals surface area contributed by atoms with Crippen molar-refractivity contribution in [2.24, 2.45) is 4.99 Å². The van der Waals surface area contributed by atoms with E-state index in [1.54, 1.807) is 31.2 Å². The van der Waals surface area contributed by atoms with Crippen molar-refractivity contribution in [1.82, 2.24) is 0 Å². The first kappa shape index (κ1) is 11.5. The Kier molecular flexibility index (Phi) is 4.12. The van der Waals surface area contributed by atoms with Crippen LogP contribution >= 0.6 is 11.6 Å². The van der Waals surface area contributed by atoms with E-state index in [9.17, 15) is 4.79 Å².